The third-order valence-corrected chi connectivity index (χ3v) is 5.64. The van der Waals surface area contributed by atoms with E-state index >= 15 is 0 Å². The third kappa shape index (κ3) is 2.76. The first-order chi connectivity index (χ1) is 11.7. The smallest absolute Gasteiger partial charge is 0.158 e. The Morgan fingerprint density at radius 2 is 2.12 bits per heavy atom. The van der Waals surface area contributed by atoms with Crippen LogP contribution in [0.1, 0.15) is 28.8 Å². The SMILES string of the molecule is Fc1cccc(Cl)c1C=NNc1ncnc2sc3c(c12)CCCC3. The molecule has 0 saturated heterocycles. The second-order valence-electron chi connectivity index (χ2n) is 5.62. The number of halogens is 2. The predicted molar refractivity (Wildman–Crippen MR) is 96.7 cm³/mol. The van der Waals surface area contributed by atoms with E-state index in [2.05, 4.69) is 20.5 Å². The van der Waals surface area contributed by atoms with Crippen LogP contribution in [-0.2, 0) is 12.8 Å². The van der Waals surface area contributed by atoms with Crippen molar-refractivity contribution in [3.63, 3.8) is 0 Å². The largest absolute Gasteiger partial charge is 0.261 e. The van der Waals surface area contributed by atoms with Gasteiger partial charge in [0, 0.05) is 10.4 Å². The maximum absolute atomic E-state index is 13.8. The van der Waals surface area contributed by atoms with Crippen LogP contribution in [0.15, 0.2) is 29.6 Å². The first-order valence-electron chi connectivity index (χ1n) is 7.72. The lowest BCUT2D eigenvalue weighted by molar-refractivity contribution is 0.626. The van der Waals surface area contributed by atoms with Gasteiger partial charge in [0.15, 0.2) is 5.82 Å². The van der Waals surface area contributed by atoms with Gasteiger partial charge in [0.1, 0.15) is 17.0 Å². The molecule has 0 fully saturated rings. The molecule has 7 heteroatoms. The van der Waals surface area contributed by atoms with Gasteiger partial charge in [-0.1, -0.05) is 17.7 Å². The number of aryl methyl sites for hydroxylation is 2. The average molecular weight is 361 g/mol. The summed E-state index contributed by atoms with van der Waals surface area (Å²) in [7, 11) is 0. The highest BCUT2D eigenvalue weighted by molar-refractivity contribution is 7.19. The molecule has 1 aromatic carbocycles. The molecule has 2 aromatic heterocycles. The quantitative estimate of drug-likeness (QED) is 0.538. The van der Waals surface area contributed by atoms with Gasteiger partial charge in [-0.25, -0.2) is 14.4 Å². The summed E-state index contributed by atoms with van der Waals surface area (Å²) in [6.45, 7) is 0. The number of nitrogens with zero attached hydrogens (tertiary/aromatic N) is 3. The fraction of sp³-hybridized carbons (Fsp3) is 0.235. The second-order valence-corrected chi connectivity index (χ2v) is 7.11. The fourth-order valence-electron chi connectivity index (χ4n) is 2.97. The lowest BCUT2D eigenvalue weighted by Crippen LogP contribution is -2.01. The number of nitrogens with one attached hydrogen (secondary N) is 1. The standard InChI is InChI=1S/C17H14ClFN4S/c18-12-5-3-6-13(19)11(12)8-22-23-16-15-10-4-1-2-7-14(10)24-17(15)21-9-20-16/h3,5-6,8-9H,1-2,4,7H2,(H,20,21,23). The third-order valence-electron chi connectivity index (χ3n) is 4.12. The summed E-state index contributed by atoms with van der Waals surface area (Å²) in [5.41, 5.74) is 4.50. The molecule has 2 heterocycles. The van der Waals surface area contributed by atoms with E-state index in [0.29, 0.717) is 10.8 Å². The van der Waals surface area contributed by atoms with Crippen LogP contribution in [0.2, 0.25) is 5.02 Å². The number of fused-ring (bicyclic) bond motifs is 3. The van der Waals surface area contributed by atoms with Crippen molar-refractivity contribution in [1.82, 2.24) is 9.97 Å². The molecular formula is C17H14ClFN4S. The van der Waals surface area contributed by atoms with Gasteiger partial charge < -0.3 is 0 Å². The van der Waals surface area contributed by atoms with E-state index in [4.69, 9.17) is 11.6 Å². The Kier molecular flexibility index (Phi) is 4.16. The Bertz CT molecular complexity index is 917. The van der Waals surface area contributed by atoms with Crippen molar-refractivity contribution >= 4 is 45.2 Å². The minimum absolute atomic E-state index is 0.254. The Labute approximate surface area is 147 Å². The Morgan fingerprint density at radius 3 is 3.00 bits per heavy atom. The molecule has 0 atom stereocenters. The Hall–Kier alpha value is -2.05. The molecule has 4 rings (SSSR count). The van der Waals surface area contributed by atoms with Crippen LogP contribution >= 0.6 is 22.9 Å². The number of benzene rings is 1. The lowest BCUT2D eigenvalue weighted by atomic mass is 9.97. The molecule has 0 amide bonds. The topological polar surface area (TPSA) is 50.2 Å². The maximum atomic E-state index is 13.8. The highest BCUT2D eigenvalue weighted by Crippen LogP contribution is 2.38. The van der Waals surface area contributed by atoms with E-state index in [1.165, 1.54) is 41.9 Å². The maximum Gasteiger partial charge on any atom is 0.158 e. The van der Waals surface area contributed by atoms with Crippen LogP contribution in [-0.4, -0.2) is 16.2 Å². The van der Waals surface area contributed by atoms with Crippen LogP contribution in [0.5, 0.6) is 0 Å². The van der Waals surface area contributed by atoms with Crippen LogP contribution in [0, 0.1) is 5.82 Å². The molecule has 1 aliphatic carbocycles. The molecule has 24 heavy (non-hydrogen) atoms. The monoisotopic (exact) mass is 360 g/mol. The summed E-state index contributed by atoms with van der Waals surface area (Å²) in [6, 6.07) is 4.55. The molecule has 1 N–H and O–H groups in total. The summed E-state index contributed by atoms with van der Waals surface area (Å²) >= 11 is 7.73. The minimum atomic E-state index is -0.409. The van der Waals surface area contributed by atoms with Crippen molar-refractivity contribution in [1.29, 1.82) is 0 Å². The number of hydrazone groups is 1. The van der Waals surface area contributed by atoms with Crippen LogP contribution in [0.4, 0.5) is 10.2 Å². The van der Waals surface area contributed by atoms with Gasteiger partial charge in [0.25, 0.3) is 0 Å². The molecule has 0 unspecified atom stereocenters. The lowest BCUT2D eigenvalue weighted by Gasteiger charge is -2.11. The molecule has 0 radical (unpaired) electrons. The van der Waals surface area contributed by atoms with Gasteiger partial charge in [-0.05, 0) is 43.4 Å². The first-order valence-corrected chi connectivity index (χ1v) is 8.92. The van der Waals surface area contributed by atoms with Crippen molar-refractivity contribution in [3.05, 3.63) is 51.4 Å². The summed E-state index contributed by atoms with van der Waals surface area (Å²) in [4.78, 5) is 11.0. The van der Waals surface area contributed by atoms with E-state index in [-0.39, 0.29) is 5.56 Å². The number of anilines is 1. The van der Waals surface area contributed by atoms with Crippen molar-refractivity contribution in [2.45, 2.75) is 25.7 Å². The van der Waals surface area contributed by atoms with Gasteiger partial charge in [-0.2, -0.15) is 5.10 Å². The van der Waals surface area contributed by atoms with Gasteiger partial charge in [0.2, 0.25) is 0 Å². The van der Waals surface area contributed by atoms with Crippen molar-refractivity contribution in [3.8, 4) is 0 Å². The van der Waals surface area contributed by atoms with Gasteiger partial charge in [-0.15, -0.1) is 11.3 Å². The predicted octanol–water partition coefficient (Wildman–Crippen LogP) is 4.81. The van der Waals surface area contributed by atoms with Gasteiger partial charge >= 0.3 is 0 Å². The zero-order valence-electron chi connectivity index (χ0n) is 12.7. The molecule has 0 spiro atoms. The number of hydrogen-bond donors (Lipinski definition) is 1. The number of thiophene rings is 1. The highest BCUT2D eigenvalue weighted by atomic mass is 35.5. The molecular weight excluding hydrogens is 347 g/mol. The summed E-state index contributed by atoms with van der Waals surface area (Å²) < 4.78 is 13.8. The fourth-order valence-corrected chi connectivity index (χ4v) is 4.41. The molecule has 3 aromatic rings. The van der Waals surface area contributed by atoms with Crippen molar-refractivity contribution < 1.29 is 4.39 Å². The van der Waals surface area contributed by atoms with E-state index in [1.807, 2.05) is 0 Å². The van der Waals surface area contributed by atoms with Gasteiger partial charge in [0.05, 0.1) is 16.6 Å². The van der Waals surface area contributed by atoms with Crippen molar-refractivity contribution in [2.75, 3.05) is 5.43 Å². The normalized spacial score (nSPS) is 14.2. The number of rotatable bonds is 3. The summed E-state index contributed by atoms with van der Waals surface area (Å²) in [6.07, 6.45) is 7.45. The minimum Gasteiger partial charge on any atom is -0.261 e. The number of aromatic nitrogens is 2. The van der Waals surface area contributed by atoms with Gasteiger partial charge in [-0.3, -0.25) is 5.43 Å². The molecule has 4 nitrogen and oxygen atoms in total. The van der Waals surface area contributed by atoms with E-state index < -0.39 is 5.82 Å². The van der Waals surface area contributed by atoms with Crippen LogP contribution in [0.25, 0.3) is 10.2 Å². The summed E-state index contributed by atoms with van der Waals surface area (Å²) in [5, 5.41) is 5.48. The van der Waals surface area contributed by atoms with E-state index in [1.54, 1.807) is 23.5 Å². The van der Waals surface area contributed by atoms with Crippen LogP contribution in [0.3, 0.4) is 0 Å². The molecule has 0 saturated carbocycles. The first kappa shape index (κ1) is 15.5. The summed E-state index contributed by atoms with van der Waals surface area (Å²) in [5.74, 6) is 0.247. The van der Waals surface area contributed by atoms with E-state index in [9.17, 15) is 4.39 Å². The Morgan fingerprint density at radius 1 is 1.25 bits per heavy atom. The van der Waals surface area contributed by atoms with Crippen molar-refractivity contribution in [2.24, 2.45) is 5.10 Å². The zero-order chi connectivity index (χ0) is 16.5. The molecule has 122 valence electrons. The Balaban J connectivity index is 1.68. The second kappa shape index (κ2) is 6.45. The van der Waals surface area contributed by atoms with E-state index in [0.717, 1.165) is 23.1 Å². The molecule has 0 bridgehead atoms. The van der Waals surface area contributed by atoms with Crippen LogP contribution < -0.4 is 5.43 Å². The zero-order valence-corrected chi connectivity index (χ0v) is 14.3. The molecule has 1 aliphatic rings. The average Bonchev–Trinajstić information content (AvgIpc) is 2.97. The highest BCUT2D eigenvalue weighted by Gasteiger charge is 2.19. The number of hydrogen-bond acceptors (Lipinski definition) is 5. The molecule has 0 aliphatic heterocycles.